The zero-order valence-corrected chi connectivity index (χ0v) is 10.1. The van der Waals surface area contributed by atoms with Crippen LogP contribution in [0.5, 0.6) is 0 Å². The predicted octanol–water partition coefficient (Wildman–Crippen LogP) is 1.82. The van der Waals surface area contributed by atoms with Crippen LogP contribution in [0.2, 0.25) is 0 Å². The van der Waals surface area contributed by atoms with Crippen molar-refractivity contribution in [3.8, 4) is 0 Å². The second kappa shape index (κ2) is 5.23. The van der Waals surface area contributed by atoms with Gasteiger partial charge in [0.25, 0.3) is 0 Å². The fourth-order valence-electron chi connectivity index (χ4n) is 1.85. The second-order valence-electron chi connectivity index (χ2n) is 3.69. The minimum Gasteiger partial charge on any atom is -0.458 e. The molecule has 1 aliphatic rings. The van der Waals surface area contributed by atoms with Crippen molar-refractivity contribution in [3.63, 3.8) is 0 Å². The summed E-state index contributed by atoms with van der Waals surface area (Å²) in [6.07, 6.45) is 2.56. The van der Waals surface area contributed by atoms with E-state index in [0.29, 0.717) is 11.4 Å². The molecule has 0 aliphatic carbocycles. The molecule has 2 heterocycles. The van der Waals surface area contributed by atoms with Crippen molar-refractivity contribution in [1.29, 1.82) is 0 Å². The third-order valence-corrected chi connectivity index (χ3v) is 3.64. The molecule has 4 nitrogen and oxygen atoms in total. The van der Waals surface area contributed by atoms with E-state index >= 15 is 0 Å². The van der Waals surface area contributed by atoms with Gasteiger partial charge < -0.3 is 9.30 Å². The molecule has 5 heteroatoms. The summed E-state index contributed by atoms with van der Waals surface area (Å²) in [7, 11) is 0. The van der Waals surface area contributed by atoms with E-state index < -0.39 is 6.04 Å². The topological polar surface area (TPSA) is 48.3 Å². The molecule has 1 aliphatic heterocycles. The zero-order chi connectivity index (χ0) is 12.3. The van der Waals surface area contributed by atoms with Gasteiger partial charge in [-0.3, -0.25) is 4.79 Å². The number of hydrogen-bond acceptors (Lipinski definition) is 4. The van der Waals surface area contributed by atoms with Crippen LogP contribution in [0.4, 0.5) is 0 Å². The second-order valence-corrected chi connectivity index (χ2v) is 4.76. The minimum absolute atomic E-state index is 0.245. The minimum atomic E-state index is -0.404. The average molecular weight is 251 g/mol. The van der Waals surface area contributed by atoms with Crippen LogP contribution < -0.4 is 0 Å². The normalized spacial score (nSPS) is 18.4. The van der Waals surface area contributed by atoms with Crippen LogP contribution in [0.1, 0.15) is 22.2 Å². The smallest absolute Gasteiger partial charge is 0.330 e. The Morgan fingerprint density at radius 2 is 2.41 bits per heavy atom. The van der Waals surface area contributed by atoms with Crippen LogP contribution >= 0.6 is 11.8 Å². The lowest BCUT2D eigenvalue weighted by Crippen LogP contribution is -2.31. The number of carbonyl (C=O) groups is 2. The third-order valence-electron chi connectivity index (χ3n) is 2.61. The van der Waals surface area contributed by atoms with Crippen LogP contribution in [-0.4, -0.2) is 28.3 Å². The summed E-state index contributed by atoms with van der Waals surface area (Å²) in [5.41, 5.74) is 1.40. The van der Waals surface area contributed by atoms with Gasteiger partial charge in [-0.2, -0.15) is 11.8 Å². The number of esters is 1. The SMILES string of the molecule is C=CCSC[C@@H]1C(=O)OCc2ccc(C=O)n21. The molecule has 17 heavy (non-hydrogen) atoms. The molecule has 1 aromatic rings. The maximum Gasteiger partial charge on any atom is 0.330 e. The van der Waals surface area contributed by atoms with Crippen molar-refractivity contribution in [2.75, 3.05) is 11.5 Å². The van der Waals surface area contributed by atoms with Crippen LogP contribution in [0.15, 0.2) is 24.8 Å². The standard InChI is InChI=1S/C12H13NO3S/c1-2-5-17-8-11-12(15)16-7-10-4-3-9(6-14)13(10)11/h2-4,6,11H,1,5,7-8H2/t11-/m1/s1. The van der Waals surface area contributed by atoms with E-state index in [0.717, 1.165) is 17.7 Å². The maximum absolute atomic E-state index is 11.7. The number of rotatable bonds is 5. The van der Waals surface area contributed by atoms with E-state index in [1.807, 2.05) is 6.07 Å². The van der Waals surface area contributed by atoms with Gasteiger partial charge in [0.05, 0.1) is 11.4 Å². The summed E-state index contributed by atoms with van der Waals surface area (Å²) in [4.78, 5) is 22.6. The number of aromatic nitrogens is 1. The summed E-state index contributed by atoms with van der Waals surface area (Å²) in [6, 6.07) is 3.13. The van der Waals surface area contributed by atoms with Crippen molar-refractivity contribution >= 4 is 24.0 Å². The van der Waals surface area contributed by atoms with Crippen molar-refractivity contribution < 1.29 is 14.3 Å². The lowest BCUT2D eigenvalue weighted by Gasteiger charge is -2.25. The Hall–Kier alpha value is -1.49. The number of fused-ring (bicyclic) bond motifs is 1. The lowest BCUT2D eigenvalue weighted by molar-refractivity contribution is -0.151. The summed E-state index contributed by atoms with van der Waals surface area (Å²) in [6.45, 7) is 3.88. The van der Waals surface area contributed by atoms with Crippen molar-refractivity contribution in [1.82, 2.24) is 4.57 Å². The van der Waals surface area contributed by atoms with Crippen LogP contribution in [0, 0.1) is 0 Å². The first-order valence-electron chi connectivity index (χ1n) is 5.28. The number of aldehydes is 1. The lowest BCUT2D eigenvalue weighted by atomic mass is 10.2. The van der Waals surface area contributed by atoms with Gasteiger partial charge in [-0.1, -0.05) is 6.08 Å². The number of cyclic esters (lactones) is 1. The van der Waals surface area contributed by atoms with E-state index in [-0.39, 0.29) is 12.6 Å². The first-order chi connectivity index (χ1) is 8.27. The molecule has 1 atom stereocenters. The van der Waals surface area contributed by atoms with E-state index in [1.165, 1.54) is 0 Å². The summed E-state index contributed by atoms with van der Waals surface area (Å²) >= 11 is 1.59. The quantitative estimate of drug-likeness (QED) is 0.346. The highest BCUT2D eigenvalue weighted by Crippen LogP contribution is 2.26. The van der Waals surface area contributed by atoms with Gasteiger partial charge in [0, 0.05) is 11.5 Å². The van der Waals surface area contributed by atoms with Crippen molar-refractivity contribution in [2.45, 2.75) is 12.6 Å². The monoisotopic (exact) mass is 251 g/mol. The van der Waals surface area contributed by atoms with E-state index in [4.69, 9.17) is 4.74 Å². The molecule has 0 radical (unpaired) electrons. The molecule has 0 aromatic carbocycles. The molecule has 0 N–H and O–H groups in total. The van der Waals surface area contributed by atoms with Gasteiger partial charge in [0.2, 0.25) is 0 Å². The highest BCUT2D eigenvalue weighted by Gasteiger charge is 2.30. The van der Waals surface area contributed by atoms with Gasteiger partial charge in [-0.25, -0.2) is 4.79 Å². The largest absolute Gasteiger partial charge is 0.458 e. The average Bonchev–Trinajstić information content (AvgIpc) is 2.75. The van der Waals surface area contributed by atoms with E-state index in [9.17, 15) is 9.59 Å². The molecule has 0 amide bonds. The summed E-state index contributed by atoms with van der Waals surface area (Å²) < 4.78 is 6.86. The van der Waals surface area contributed by atoms with Gasteiger partial charge in [-0.05, 0) is 12.1 Å². The maximum atomic E-state index is 11.7. The molecular formula is C12H13NO3S. The van der Waals surface area contributed by atoms with Gasteiger partial charge >= 0.3 is 5.97 Å². The molecule has 2 rings (SSSR count). The Morgan fingerprint density at radius 1 is 1.59 bits per heavy atom. The highest BCUT2D eigenvalue weighted by molar-refractivity contribution is 7.99. The molecule has 0 unspecified atom stereocenters. The molecular weight excluding hydrogens is 238 g/mol. The van der Waals surface area contributed by atoms with Gasteiger partial charge in [-0.15, -0.1) is 6.58 Å². The first kappa shape index (κ1) is 12.0. The summed E-state index contributed by atoms with van der Waals surface area (Å²) in [5.74, 6) is 1.10. The molecule has 0 fully saturated rings. The van der Waals surface area contributed by atoms with Crippen molar-refractivity contribution in [3.05, 3.63) is 36.2 Å². The number of thioether (sulfide) groups is 1. The molecule has 1 aromatic heterocycles. The predicted molar refractivity (Wildman–Crippen MR) is 66.2 cm³/mol. The van der Waals surface area contributed by atoms with Crippen LogP contribution in [0.25, 0.3) is 0 Å². The third kappa shape index (κ3) is 2.29. The van der Waals surface area contributed by atoms with Gasteiger partial charge in [0.15, 0.2) is 6.29 Å². The van der Waals surface area contributed by atoms with Crippen LogP contribution in [-0.2, 0) is 16.1 Å². The Labute approximate surface area is 104 Å². The van der Waals surface area contributed by atoms with E-state index in [1.54, 1.807) is 28.5 Å². The molecule has 0 saturated heterocycles. The van der Waals surface area contributed by atoms with E-state index in [2.05, 4.69) is 6.58 Å². The molecule has 0 saturated carbocycles. The molecule has 0 bridgehead atoms. The highest BCUT2D eigenvalue weighted by atomic mass is 32.2. The Balaban J connectivity index is 2.25. The Bertz CT molecular complexity index is 453. The fraction of sp³-hybridized carbons (Fsp3) is 0.333. The van der Waals surface area contributed by atoms with Gasteiger partial charge in [0.1, 0.15) is 12.6 Å². The fourth-order valence-corrected chi connectivity index (χ4v) is 2.67. The zero-order valence-electron chi connectivity index (χ0n) is 9.30. The molecule has 90 valence electrons. The summed E-state index contributed by atoms with van der Waals surface area (Å²) in [5, 5.41) is 0. The van der Waals surface area contributed by atoms with Crippen LogP contribution in [0.3, 0.4) is 0 Å². The Morgan fingerprint density at radius 3 is 3.12 bits per heavy atom. The van der Waals surface area contributed by atoms with Crippen molar-refractivity contribution in [2.24, 2.45) is 0 Å². The number of ether oxygens (including phenoxy) is 1. The Kier molecular flexibility index (Phi) is 3.68. The molecule has 0 spiro atoms. The number of carbonyl (C=O) groups excluding carboxylic acids is 2. The number of hydrogen-bond donors (Lipinski definition) is 0. The first-order valence-corrected chi connectivity index (χ1v) is 6.44. The number of nitrogens with zero attached hydrogens (tertiary/aromatic N) is 1.